The van der Waals surface area contributed by atoms with E-state index in [1.165, 1.54) is 0 Å². The molecule has 0 atom stereocenters. The van der Waals surface area contributed by atoms with E-state index in [0.717, 1.165) is 35.4 Å². The van der Waals surface area contributed by atoms with Gasteiger partial charge in [-0.05, 0) is 43.2 Å². The monoisotopic (exact) mass is 380 g/mol. The molecule has 0 radical (unpaired) electrons. The van der Waals surface area contributed by atoms with Crippen LogP contribution in [-0.4, -0.2) is 33.2 Å². The first kappa shape index (κ1) is 18.7. The van der Waals surface area contributed by atoms with Crippen LogP contribution in [-0.2, 0) is 22.1 Å². The highest BCUT2D eigenvalue weighted by Crippen LogP contribution is 2.33. The number of hydrogen-bond acceptors (Lipinski definition) is 3. The fraction of sp³-hybridized carbons (Fsp3) is 0.455. The van der Waals surface area contributed by atoms with Crippen LogP contribution in [0.5, 0.6) is 0 Å². The normalized spacial score (nSPS) is 16.6. The number of hydrogen-bond donors (Lipinski definition) is 1. The highest BCUT2D eigenvalue weighted by atomic mass is 16.5. The number of nitrogens with zero attached hydrogens (tertiary/aromatic N) is 3. The number of carbonyl (C=O) groups is 1. The first-order chi connectivity index (χ1) is 13.5. The first-order valence-electron chi connectivity index (χ1n) is 9.96. The summed E-state index contributed by atoms with van der Waals surface area (Å²) in [7, 11) is 2.04. The van der Waals surface area contributed by atoms with Crippen LogP contribution in [0.2, 0.25) is 0 Å². The number of anilines is 1. The Labute approximate surface area is 165 Å². The minimum atomic E-state index is -0.217. The van der Waals surface area contributed by atoms with Gasteiger partial charge in [-0.25, -0.2) is 4.98 Å². The van der Waals surface area contributed by atoms with Gasteiger partial charge in [0.1, 0.15) is 5.82 Å². The van der Waals surface area contributed by atoms with E-state index in [1.54, 1.807) is 0 Å². The second kappa shape index (κ2) is 7.43. The molecule has 3 heterocycles. The van der Waals surface area contributed by atoms with Crippen molar-refractivity contribution in [3.8, 4) is 0 Å². The second-order valence-electron chi connectivity index (χ2n) is 8.04. The predicted octanol–water partition coefficient (Wildman–Crippen LogP) is 4.03. The third-order valence-corrected chi connectivity index (χ3v) is 5.78. The van der Waals surface area contributed by atoms with E-state index in [9.17, 15) is 4.79 Å². The van der Waals surface area contributed by atoms with Gasteiger partial charge in [0, 0.05) is 44.3 Å². The molecule has 1 saturated heterocycles. The van der Waals surface area contributed by atoms with Crippen molar-refractivity contribution in [3.05, 3.63) is 48.5 Å². The first-order valence-corrected chi connectivity index (χ1v) is 9.96. The molecule has 1 fully saturated rings. The number of aromatic nitrogens is 3. The maximum Gasteiger partial charge on any atom is 0.226 e. The van der Waals surface area contributed by atoms with Gasteiger partial charge in [-0.15, -0.1) is 0 Å². The summed E-state index contributed by atoms with van der Waals surface area (Å²) in [4.78, 5) is 17.6. The van der Waals surface area contributed by atoms with Gasteiger partial charge in [-0.1, -0.05) is 13.8 Å². The van der Waals surface area contributed by atoms with Gasteiger partial charge >= 0.3 is 0 Å². The molecule has 3 aromatic rings. The largest absolute Gasteiger partial charge is 0.381 e. The molecule has 4 rings (SSSR count). The number of fused-ring (bicyclic) bond motifs is 1. The Morgan fingerprint density at radius 2 is 1.96 bits per heavy atom. The van der Waals surface area contributed by atoms with Gasteiger partial charge in [0.25, 0.3) is 0 Å². The molecule has 0 bridgehead atoms. The standard InChI is InChI=1S/C22H28N4O2/c1-16(2)21-24-18-14-17(6-7-19(18)25(21)3)23-20(27)15-22(8-12-28-13-9-22)26-10-4-5-11-26/h4-7,10-11,14,16H,8-9,12-13,15H2,1-3H3,(H,23,27). The number of imidazole rings is 1. The molecule has 0 spiro atoms. The van der Waals surface area contributed by atoms with E-state index in [0.29, 0.717) is 25.6 Å². The number of amides is 1. The Hall–Kier alpha value is -2.60. The molecule has 2 aromatic heterocycles. The number of benzene rings is 1. The van der Waals surface area contributed by atoms with Crippen molar-refractivity contribution in [1.29, 1.82) is 0 Å². The van der Waals surface area contributed by atoms with Crippen LogP contribution in [0.1, 0.15) is 44.9 Å². The Balaban J connectivity index is 1.54. The number of ether oxygens (including phenoxy) is 1. The smallest absolute Gasteiger partial charge is 0.226 e. The van der Waals surface area contributed by atoms with Crippen LogP contribution in [0.3, 0.4) is 0 Å². The molecule has 1 amide bonds. The molecule has 1 aliphatic rings. The molecule has 6 heteroatoms. The molecule has 28 heavy (non-hydrogen) atoms. The third-order valence-electron chi connectivity index (χ3n) is 5.78. The van der Waals surface area contributed by atoms with E-state index in [1.807, 2.05) is 49.8 Å². The molecule has 1 N–H and O–H groups in total. The lowest BCUT2D eigenvalue weighted by atomic mass is 9.86. The lowest BCUT2D eigenvalue weighted by Crippen LogP contribution is -2.42. The van der Waals surface area contributed by atoms with Crippen molar-refractivity contribution in [1.82, 2.24) is 14.1 Å². The van der Waals surface area contributed by atoms with Crippen LogP contribution in [0, 0.1) is 0 Å². The van der Waals surface area contributed by atoms with Crippen molar-refractivity contribution in [2.24, 2.45) is 7.05 Å². The zero-order valence-electron chi connectivity index (χ0n) is 16.8. The lowest BCUT2D eigenvalue weighted by Gasteiger charge is -2.38. The quantitative estimate of drug-likeness (QED) is 0.727. The van der Waals surface area contributed by atoms with E-state index in [2.05, 4.69) is 28.3 Å². The third kappa shape index (κ3) is 3.44. The predicted molar refractivity (Wildman–Crippen MR) is 111 cm³/mol. The summed E-state index contributed by atoms with van der Waals surface area (Å²) in [6, 6.07) is 9.97. The zero-order chi connectivity index (χ0) is 19.7. The summed E-state index contributed by atoms with van der Waals surface area (Å²) in [5, 5.41) is 3.08. The topological polar surface area (TPSA) is 61.1 Å². The van der Waals surface area contributed by atoms with Crippen LogP contribution >= 0.6 is 0 Å². The minimum absolute atomic E-state index is 0.0231. The number of nitrogens with one attached hydrogen (secondary N) is 1. The van der Waals surface area contributed by atoms with E-state index < -0.39 is 0 Å². The van der Waals surface area contributed by atoms with Crippen LogP contribution in [0.25, 0.3) is 11.0 Å². The summed E-state index contributed by atoms with van der Waals surface area (Å²) >= 11 is 0. The SMILES string of the molecule is CC(C)c1nc2cc(NC(=O)CC3(n4cccc4)CCOCC3)ccc2n1C. The molecule has 0 aliphatic carbocycles. The summed E-state index contributed by atoms with van der Waals surface area (Å²) < 4.78 is 9.84. The Bertz CT molecular complexity index is 966. The Kier molecular flexibility index (Phi) is 4.98. The van der Waals surface area contributed by atoms with Crippen molar-refractivity contribution < 1.29 is 9.53 Å². The highest BCUT2D eigenvalue weighted by Gasteiger charge is 2.36. The van der Waals surface area contributed by atoms with E-state index in [-0.39, 0.29) is 11.4 Å². The molecule has 148 valence electrons. The lowest BCUT2D eigenvalue weighted by molar-refractivity contribution is -0.119. The van der Waals surface area contributed by atoms with Crippen molar-refractivity contribution in [2.45, 2.75) is 44.6 Å². The Morgan fingerprint density at radius 3 is 2.64 bits per heavy atom. The Morgan fingerprint density at radius 1 is 1.25 bits per heavy atom. The minimum Gasteiger partial charge on any atom is -0.381 e. The average Bonchev–Trinajstić information content (AvgIpc) is 3.31. The summed E-state index contributed by atoms with van der Waals surface area (Å²) in [5.41, 5.74) is 2.57. The second-order valence-corrected chi connectivity index (χ2v) is 8.04. The maximum absolute atomic E-state index is 12.9. The zero-order valence-corrected chi connectivity index (χ0v) is 16.8. The molecular weight excluding hydrogens is 352 g/mol. The molecule has 1 aromatic carbocycles. The summed E-state index contributed by atoms with van der Waals surface area (Å²) in [6.45, 7) is 5.64. The summed E-state index contributed by atoms with van der Waals surface area (Å²) in [6.07, 6.45) is 6.21. The average molecular weight is 380 g/mol. The fourth-order valence-corrected chi connectivity index (χ4v) is 4.25. The van der Waals surface area contributed by atoms with Crippen LogP contribution in [0.4, 0.5) is 5.69 Å². The highest BCUT2D eigenvalue weighted by molar-refractivity contribution is 5.93. The van der Waals surface area contributed by atoms with Gasteiger partial charge < -0.3 is 19.2 Å². The van der Waals surface area contributed by atoms with Gasteiger partial charge in [-0.2, -0.15) is 0 Å². The molecule has 6 nitrogen and oxygen atoms in total. The number of rotatable bonds is 5. The van der Waals surface area contributed by atoms with Gasteiger partial charge in [-0.3, -0.25) is 4.79 Å². The van der Waals surface area contributed by atoms with Crippen molar-refractivity contribution in [2.75, 3.05) is 18.5 Å². The van der Waals surface area contributed by atoms with E-state index >= 15 is 0 Å². The van der Waals surface area contributed by atoms with Crippen LogP contribution in [0.15, 0.2) is 42.7 Å². The molecule has 0 unspecified atom stereocenters. The fourth-order valence-electron chi connectivity index (χ4n) is 4.25. The summed E-state index contributed by atoms with van der Waals surface area (Å²) in [5.74, 6) is 1.42. The van der Waals surface area contributed by atoms with Gasteiger partial charge in [0.15, 0.2) is 0 Å². The number of carbonyl (C=O) groups excluding carboxylic acids is 1. The number of aryl methyl sites for hydroxylation is 1. The van der Waals surface area contributed by atoms with Crippen LogP contribution < -0.4 is 5.32 Å². The molecule has 1 aliphatic heterocycles. The van der Waals surface area contributed by atoms with Crippen molar-refractivity contribution >= 4 is 22.6 Å². The van der Waals surface area contributed by atoms with Gasteiger partial charge in [0.05, 0.1) is 23.0 Å². The van der Waals surface area contributed by atoms with E-state index in [4.69, 9.17) is 9.72 Å². The van der Waals surface area contributed by atoms with Crippen molar-refractivity contribution in [3.63, 3.8) is 0 Å². The maximum atomic E-state index is 12.9. The molecule has 0 saturated carbocycles. The molecular formula is C22H28N4O2. The van der Waals surface area contributed by atoms with Gasteiger partial charge in [0.2, 0.25) is 5.91 Å².